The number of carbonyl (C=O) groups is 1. The number of benzene rings is 2. The van der Waals surface area contributed by atoms with Crippen LogP contribution in [0.25, 0.3) is 11.0 Å². The Bertz CT molecular complexity index is 1120. The number of ether oxygens (including phenoxy) is 1. The second kappa shape index (κ2) is 8.24. The van der Waals surface area contributed by atoms with E-state index in [9.17, 15) is 9.59 Å². The summed E-state index contributed by atoms with van der Waals surface area (Å²) in [5.41, 5.74) is 2.26. The van der Waals surface area contributed by atoms with Gasteiger partial charge in [0.2, 0.25) is 5.91 Å². The molecule has 1 amide bonds. The van der Waals surface area contributed by atoms with Gasteiger partial charge in [0.1, 0.15) is 5.75 Å². The van der Waals surface area contributed by atoms with Crippen LogP contribution in [0.1, 0.15) is 31.7 Å². The van der Waals surface area contributed by atoms with E-state index in [0.717, 1.165) is 41.2 Å². The zero-order chi connectivity index (χ0) is 20.5. The molecule has 0 aliphatic heterocycles. The molecule has 3 aromatic rings. The minimum absolute atomic E-state index is 0.0151. The minimum atomic E-state index is -0.104. The fourth-order valence-corrected chi connectivity index (χ4v) is 4.77. The fraction of sp³-hybridized carbons (Fsp3) is 0.333. The van der Waals surface area contributed by atoms with E-state index in [4.69, 9.17) is 16.3 Å². The van der Waals surface area contributed by atoms with Gasteiger partial charge in [-0.2, -0.15) is 0 Å². The molecule has 0 bridgehead atoms. The number of hydrogen-bond acceptors (Lipinski definition) is 3. The molecule has 0 saturated heterocycles. The standard InChI is InChI=1S/C21H21BrClN3O3/c1-29-18-10-7-13(11-16(18)23)24-20(27)12-5-8-14(9-6-12)26-17-4-2-3-15(22)19(17)25-21(26)28/h2-4,7,10-12,14H,5-6,8-9H2,1H3,(H,24,27)(H,25,28). The van der Waals surface area contributed by atoms with Gasteiger partial charge in [-0.05, 0) is 71.9 Å². The molecule has 1 saturated carbocycles. The number of anilines is 1. The summed E-state index contributed by atoms with van der Waals surface area (Å²) >= 11 is 9.62. The van der Waals surface area contributed by atoms with Crippen molar-refractivity contribution in [1.29, 1.82) is 0 Å². The van der Waals surface area contributed by atoms with E-state index in [1.54, 1.807) is 25.3 Å². The molecule has 1 aliphatic carbocycles. The number of fused-ring (bicyclic) bond motifs is 1. The molecule has 2 aromatic carbocycles. The van der Waals surface area contributed by atoms with E-state index in [1.807, 2.05) is 22.8 Å². The number of amides is 1. The highest BCUT2D eigenvalue weighted by molar-refractivity contribution is 9.10. The van der Waals surface area contributed by atoms with Gasteiger partial charge in [0.05, 0.1) is 23.2 Å². The summed E-state index contributed by atoms with van der Waals surface area (Å²) in [7, 11) is 1.55. The lowest BCUT2D eigenvalue weighted by Crippen LogP contribution is -2.31. The second-order valence-corrected chi connectivity index (χ2v) is 8.54. The van der Waals surface area contributed by atoms with Gasteiger partial charge in [-0.1, -0.05) is 17.7 Å². The number of rotatable bonds is 4. The summed E-state index contributed by atoms with van der Waals surface area (Å²) in [6.45, 7) is 0. The van der Waals surface area contributed by atoms with Gasteiger partial charge in [-0.15, -0.1) is 0 Å². The Morgan fingerprint density at radius 1 is 1.24 bits per heavy atom. The Morgan fingerprint density at radius 2 is 2.00 bits per heavy atom. The third-order valence-electron chi connectivity index (χ3n) is 5.55. The summed E-state index contributed by atoms with van der Waals surface area (Å²) < 4.78 is 7.84. The summed E-state index contributed by atoms with van der Waals surface area (Å²) in [5, 5.41) is 3.40. The first kappa shape index (κ1) is 20.0. The van der Waals surface area contributed by atoms with Gasteiger partial charge in [0, 0.05) is 22.1 Å². The second-order valence-electron chi connectivity index (χ2n) is 7.28. The van der Waals surface area contributed by atoms with Crippen LogP contribution < -0.4 is 15.7 Å². The lowest BCUT2D eigenvalue weighted by atomic mass is 9.85. The Hall–Kier alpha value is -2.25. The van der Waals surface area contributed by atoms with Crippen LogP contribution in [0, 0.1) is 5.92 Å². The molecule has 2 N–H and O–H groups in total. The number of aromatic nitrogens is 2. The number of H-pyrrole nitrogens is 1. The Kier molecular flexibility index (Phi) is 5.69. The average Bonchev–Trinajstić information content (AvgIpc) is 3.05. The van der Waals surface area contributed by atoms with E-state index in [1.165, 1.54) is 0 Å². The topological polar surface area (TPSA) is 76.1 Å². The summed E-state index contributed by atoms with van der Waals surface area (Å²) in [6, 6.07) is 11.1. The van der Waals surface area contributed by atoms with Crippen LogP contribution in [0.2, 0.25) is 5.02 Å². The third kappa shape index (κ3) is 3.94. The van der Waals surface area contributed by atoms with Crippen molar-refractivity contribution in [3.8, 4) is 5.75 Å². The summed E-state index contributed by atoms with van der Waals surface area (Å²) in [5.74, 6) is 0.472. The van der Waals surface area contributed by atoms with E-state index in [0.29, 0.717) is 16.5 Å². The van der Waals surface area contributed by atoms with E-state index in [2.05, 4.69) is 26.2 Å². The largest absolute Gasteiger partial charge is 0.495 e. The molecule has 152 valence electrons. The highest BCUT2D eigenvalue weighted by Crippen LogP contribution is 2.35. The number of halogens is 2. The number of hydrogen-bond donors (Lipinski definition) is 2. The van der Waals surface area contributed by atoms with Crippen molar-refractivity contribution in [3.63, 3.8) is 0 Å². The van der Waals surface area contributed by atoms with E-state index < -0.39 is 0 Å². The third-order valence-corrected chi connectivity index (χ3v) is 6.51. The first-order chi connectivity index (χ1) is 14.0. The van der Waals surface area contributed by atoms with E-state index >= 15 is 0 Å². The van der Waals surface area contributed by atoms with Gasteiger partial charge in [0.15, 0.2) is 0 Å². The molecule has 6 nitrogen and oxygen atoms in total. The summed E-state index contributed by atoms with van der Waals surface area (Å²) in [4.78, 5) is 28.1. The molecule has 1 aliphatic rings. The van der Waals surface area contributed by atoms with Gasteiger partial charge >= 0.3 is 5.69 Å². The van der Waals surface area contributed by atoms with Crippen LogP contribution in [0.4, 0.5) is 5.69 Å². The fourth-order valence-electron chi connectivity index (χ4n) is 4.06. The highest BCUT2D eigenvalue weighted by Gasteiger charge is 2.29. The van der Waals surface area contributed by atoms with Crippen LogP contribution >= 0.6 is 27.5 Å². The lowest BCUT2D eigenvalue weighted by molar-refractivity contribution is -0.121. The molecule has 0 spiro atoms. The average molecular weight is 479 g/mol. The quantitative estimate of drug-likeness (QED) is 0.546. The van der Waals surface area contributed by atoms with Crippen molar-refractivity contribution >= 4 is 50.2 Å². The molecule has 0 radical (unpaired) electrons. The van der Waals surface area contributed by atoms with Crippen molar-refractivity contribution in [2.75, 3.05) is 12.4 Å². The number of para-hydroxylation sites is 1. The molecule has 1 heterocycles. The molecule has 29 heavy (non-hydrogen) atoms. The molecule has 1 fully saturated rings. The molecule has 4 rings (SSSR count). The Morgan fingerprint density at radius 3 is 2.69 bits per heavy atom. The maximum absolute atomic E-state index is 12.7. The first-order valence-corrected chi connectivity index (χ1v) is 10.7. The van der Waals surface area contributed by atoms with Crippen LogP contribution in [0.5, 0.6) is 5.75 Å². The Labute approximate surface area is 181 Å². The number of methoxy groups -OCH3 is 1. The molecular weight excluding hydrogens is 458 g/mol. The first-order valence-electron chi connectivity index (χ1n) is 9.51. The number of imidazole rings is 1. The van der Waals surface area contributed by atoms with Crippen molar-refractivity contribution in [3.05, 3.63) is 56.4 Å². The zero-order valence-electron chi connectivity index (χ0n) is 15.9. The molecule has 0 unspecified atom stereocenters. The van der Waals surface area contributed by atoms with Crippen LogP contribution in [0.3, 0.4) is 0 Å². The van der Waals surface area contributed by atoms with Crippen LogP contribution in [-0.4, -0.2) is 22.6 Å². The van der Waals surface area contributed by atoms with Crippen molar-refractivity contribution in [2.24, 2.45) is 5.92 Å². The highest BCUT2D eigenvalue weighted by atomic mass is 79.9. The smallest absolute Gasteiger partial charge is 0.326 e. The van der Waals surface area contributed by atoms with Gasteiger partial charge < -0.3 is 15.0 Å². The normalized spacial score (nSPS) is 19.3. The molecule has 1 aromatic heterocycles. The number of nitrogens with one attached hydrogen (secondary N) is 2. The zero-order valence-corrected chi connectivity index (χ0v) is 18.2. The van der Waals surface area contributed by atoms with Crippen LogP contribution in [0.15, 0.2) is 45.7 Å². The summed E-state index contributed by atoms with van der Waals surface area (Å²) in [6.07, 6.45) is 3.02. The molecular formula is C21H21BrClN3O3. The van der Waals surface area contributed by atoms with Gasteiger partial charge in [-0.25, -0.2) is 4.79 Å². The van der Waals surface area contributed by atoms with Gasteiger partial charge in [0.25, 0.3) is 0 Å². The Balaban J connectivity index is 1.44. The van der Waals surface area contributed by atoms with Crippen LogP contribution in [-0.2, 0) is 4.79 Å². The number of aromatic amines is 1. The maximum Gasteiger partial charge on any atom is 0.326 e. The predicted molar refractivity (Wildman–Crippen MR) is 118 cm³/mol. The van der Waals surface area contributed by atoms with Crippen molar-refractivity contribution in [2.45, 2.75) is 31.7 Å². The van der Waals surface area contributed by atoms with E-state index in [-0.39, 0.29) is 23.6 Å². The van der Waals surface area contributed by atoms with Gasteiger partial charge in [-0.3, -0.25) is 9.36 Å². The minimum Gasteiger partial charge on any atom is -0.495 e. The molecule has 0 atom stereocenters. The monoisotopic (exact) mass is 477 g/mol. The number of nitrogens with zero attached hydrogens (tertiary/aromatic N) is 1. The van der Waals surface area contributed by atoms with Crippen molar-refractivity contribution in [1.82, 2.24) is 9.55 Å². The maximum atomic E-state index is 12.7. The predicted octanol–water partition coefficient (Wildman–Crippen LogP) is 5.12. The van der Waals surface area contributed by atoms with Crippen molar-refractivity contribution < 1.29 is 9.53 Å². The SMILES string of the molecule is COc1ccc(NC(=O)C2CCC(n3c(=O)[nH]c4c(Br)cccc43)CC2)cc1Cl. The molecule has 8 heteroatoms. The lowest BCUT2D eigenvalue weighted by Gasteiger charge is -2.28. The number of carbonyl (C=O) groups excluding carboxylic acids is 1.